The molecule has 0 radical (unpaired) electrons. The molecular formula is C7H9F3. The number of alkyl halides is 3. The Bertz CT molecular complexity index is 143. The summed E-state index contributed by atoms with van der Waals surface area (Å²) in [6.45, 7) is 0. The van der Waals surface area contributed by atoms with Crippen LogP contribution in [0.4, 0.5) is 13.2 Å². The van der Waals surface area contributed by atoms with Crippen LogP contribution in [0.15, 0.2) is 11.6 Å². The molecule has 3 heteroatoms. The van der Waals surface area contributed by atoms with Crippen molar-refractivity contribution in [3.63, 3.8) is 0 Å². The molecular weight excluding hydrogens is 141 g/mol. The maximum atomic E-state index is 11.7. The number of halogens is 3. The summed E-state index contributed by atoms with van der Waals surface area (Å²) < 4.78 is 35.0. The van der Waals surface area contributed by atoms with Crippen LogP contribution in [0.5, 0.6) is 0 Å². The van der Waals surface area contributed by atoms with Crippen molar-refractivity contribution in [1.82, 2.24) is 0 Å². The van der Waals surface area contributed by atoms with Gasteiger partial charge in [0.1, 0.15) is 0 Å². The van der Waals surface area contributed by atoms with Crippen molar-refractivity contribution in [2.75, 3.05) is 0 Å². The molecule has 1 aliphatic carbocycles. The van der Waals surface area contributed by atoms with E-state index in [0.717, 1.165) is 12.8 Å². The van der Waals surface area contributed by atoms with Gasteiger partial charge in [0.15, 0.2) is 0 Å². The van der Waals surface area contributed by atoms with Gasteiger partial charge in [-0.25, -0.2) is 0 Å². The predicted molar refractivity (Wildman–Crippen MR) is 32.6 cm³/mol. The Balaban J connectivity index is 2.38. The minimum Gasteiger partial charge on any atom is -0.171 e. The average molecular weight is 150 g/mol. The van der Waals surface area contributed by atoms with Crippen molar-refractivity contribution in [1.29, 1.82) is 0 Å². The average Bonchev–Trinajstić information content (AvgIpc) is 2.12. The van der Waals surface area contributed by atoms with E-state index in [1.54, 1.807) is 6.08 Å². The van der Waals surface area contributed by atoms with Gasteiger partial charge in [-0.2, -0.15) is 13.2 Å². The predicted octanol–water partition coefficient (Wildman–Crippen LogP) is 3.05. The second-order valence-electron chi connectivity index (χ2n) is 2.55. The molecule has 1 aliphatic rings. The van der Waals surface area contributed by atoms with Crippen molar-refractivity contribution in [3.8, 4) is 0 Å². The van der Waals surface area contributed by atoms with E-state index in [9.17, 15) is 13.2 Å². The molecule has 0 aliphatic heterocycles. The summed E-state index contributed by atoms with van der Waals surface area (Å²) in [5.74, 6) is 0. The zero-order chi connectivity index (χ0) is 7.61. The Hall–Kier alpha value is -0.470. The van der Waals surface area contributed by atoms with Gasteiger partial charge in [0.2, 0.25) is 0 Å². The molecule has 0 amide bonds. The molecule has 0 N–H and O–H groups in total. The monoisotopic (exact) mass is 150 g/mol. The third-order valence-electron chi connectivity index (χ3n) is 1.56. The van der Waals surface area contributed by atoms with Gasteiger partial charge in [0.25, 0.3) is 0 Å². The zero-order valence-corrected chi connectivity index (χ0v) is 5.54. The first kappa shape index (κ1) is 7.63. The molecule has 1 rings (SSSR count). The van der Waals surface area contributed by atoms with E-state index >= 15 is 0 Å². The van der Waals surface area contributed by atoms with E-state index in [2.05, 4.69) is 0 Å². The second-order valence-corrected chi connectivity index (χ2v) is 2.55. The molecule has 0 aromatic carbocycles. The highest BCUT2D eigenvalue weighted by Crippen LogP contribution is 2.30. The lowest BCUT2D eigenvalue weighted by Crippen LogP contribution is -2.07. The molecule has 10 heavy (non-hydrogen) atoms. The van der Waals surface area contributed by atoms with E-state index in [0.29, 0.717) is 12.0 Å². The van der Waals surface area contributed by atoms with Gasteiger partial charge in [0.05, 0.1) is 6.42 Å². The summed E-state index contributed by atoms with van der Waals surface area (Å²) in [7, 11) is 0. The van der Waals surface area contributed by atoms with Crippen LogP contribution < -0.4 is 0 Å². The Morgan fingerprint density at radius 1 is 1.40 bits per heavy atom. The minimum absolute atomic E-state index is 0.563. The molecule has 0 heterocycles. The van der Waals surface area contributed by atoms with Gasteiger partial charge in [-0.1, -0.05) is 11.6 Å². The molecule has 0 spiro atoms. The summed E-state index contributed by atoms with van der Waals surface area (Å²) in [5.41, 5.74) is 0.563. The maximum Gasteiger partial charge on any atom is 0.392 e. The Labute approximate surface area is 57.7 Å². The van der Waals surface area contributed by atoms with Crippen molar-refractivity contribution in [2.45, 2.75) is 31.9 Å². The van der Waals surface area contributed by atoms with Crippen LogP contribution in [0.25, 0.3) is 0 Å². The molecule has 58 valence electrons. The van der Waals surface area contributed by atoms with Crippen molar-refractivity contribution in [3.05, 3.63) is 11.6 Å². The summed E-state index contributed by atoms with van der Waals surface area (Å²) in [6.07, 6.45) is -0.646. The highest BCUT2D eigenvalue weighted by molar-refractivity contribution is 5.08. The molecule has 0 aromatic heterocycles. The topological polar surface area (TPSA) is 0 Å². The number of hydrogen-bond acceptors (Lipinski definition) is 0. The van der Waals surface area contributed by atoms with Crippen LogP contribution in [0.2, 0.25) is 0 Å². The van der Waals surface area contributed by atoms with E-state index in [1.807, 2.05) is 0 Å². The molecule has 0 aromatic rings. The summed E-state index contributed by atoms with van der Waals surface area (Å²) >= 11 is 0. The van der Waals surface area contributed by atoms with E-state index < -0.39 is 12.6 Å². The van der Waals surface area contributed by atoms with Crippen LogP contribution in [0.1, 0.15) is 25.7 Å². The zero-order valence-electron chi connectivity index (χ0n) is 5.54. The third-order valence-corrected chi connectivity index (χ3v) is 1.56. The van der Waals surface area contributed by atoms with E-state index in [4.69, 9.17) is 0 Å². The van der Waals surface area contributed by atoms with Crippen LogP contribution in [-0.2, 0) is 0 Å². The van der Waals surface area contributed by atoms with E-state index in [1.165, 1.54) is 0 Å². The number of allylic oxidation sites excluding steroid dienone is 2. The Morgan fingerprint density at radius 3 is 2.50 bits per heavy atom. The first-order valence-electron chi connectivity index (χ1n) is 3.32. The first-order chi connectivity index (χ1) is 4.58. The highest BCUT2D eigenvalue weighted by Gasteiger charge is 2.29. The maximum absolute atomic E-state index is 11.7. The van der Waals surface area contributed by atoms with Gasteiger partial charge in [-0.05, 0) is 19.3 Å². The third kappa shape index (κ3) is 2.42. The number of rotatable bonds is 1. The fraction of sp³-hybridized carbons (Fsp3) is 0.714. The quantitative estimate of drug-likeness (QED) is 0.504. The first-order valence-corrected chi connectivity index (χ1v) is 3.32. The molecule has 0 saturated carbocycles. The molecule has 0 unspecified atom stereocenters. The Morgan fingerprint density at radius 2 is 2.10 bits per heavy atom. The second kappa shape index (κ2) is 2.64. The van der Waals surface area contributed by atoms with Crippen molar-refractivity contribution < 1.29 is 13.2 Å². The fourth-order valence-corrected chi connectivity index (χ4v) is 1.16. The highest BCUT2D eigenvalue weighted by atomic mass is 19.4. The number of hydrogen-bond donors (Lipinski definition) is 0. The molecule has 0 saturated heterocycles. The molecule has 0 atom stereocenters. The molecule has 0 nitrogen and oxygen atoms in total. The van der Waals surface area contributed by atoms with E-state index in [-0.39, 0.29) is 0 Å². The van der Waals surface area contributed by atoms with Gasteiger partial charge in [-0.3, -0.25) is 0 Å². The van der Waals surface area contributed by atoms with Crippen LogP contribution in [0, 0.1) is 0 Å². The van der Waals surface area contributed by atoms with Crippen molar-refractivity contribution in [2.24, 2.45) is 0 Å². The summed E-state index contributed by atoms with van der Waals surface area (Å²) in [6, 6.07) is 0. The SMILES string of the molecule is FC(F)(F)CC1=CCCC1. The fourth-order valence-electron chi connectivity index (χ4n) is 1.16. The lowest BCUT2D eigenvalue weighted by atomic mass is 10.2. The van der Waals surface area contributed by atoms with Crippen LogP contribution >= 0.6 is 0 Å². The normalized spacial score (nSPS) is 19.3. The van der Waals surface area contributed by atoms with Gasteiger partial charge < -0.3 is 0 Å². The van der Waals surface area contributed by atoms with Gasteiger partial charge >= 0.3 is 6.18 Å². The standard InChI is InChI=1S/C7H9F3/c8-7(9,10)5-6-3-1-2-4-6/h3H,1-2,4-5H2. The van der Waals surface area contributed by atoms with Crippen molar-refractivity contribution >= 4 is 0 Å². The largest absolute Gasteiger partial charge is 0.392 e. The Kier molecular flexibility index (Phi) is 2.02. The molecule has 0 fully saturated rings. The lowest BCUT2D eigenvalue weighted by Gasteiger charge is -2.05. The molecule has 0 bridgehead atoms. The van der Waals surface area contributed by atoms with Crippen LogP contribution in [-0.4, -0.2) is 6.18 Å². The summed E-state index contributed by atoms with van der Waals surface area (Å²) in [4.78, 5) is 0. The minimum atomic E-state index is -4.00. The van der Waals surface area contributed by atoms with Gasteiger partial charge in [-0.15, -0.1) is 0 Å². The smallest absolute Gasteiger partial charge is 0.171 e. The summed E-state index contributed by atoms with van der Waals surface area (Å²) in [5, 5.41) is 0. The van der Waals surface area contributed by atoms with Crippen LogP contribution in [0.3, 0.4) is 0 Å². The lowest BCUT2D eigenvalue weighted by molar-refractivity contribution is -0.127. The van der Waals surface area contributed by atoms with Gasteiger partial charge in [0, 0.05) is 0 Å².